The fraction of sp³-hybridized carbons (Fsp3) is 0.194. The number of nitrogens with two attached hydrogens (primary N) is 3. The van der Waals surface area contributed by atoms with Gasteiger partial charge in [0.25, 0.3) is 22.7 Å². The number of hydrogen-bond acceptors (Lipinski definition) is 13. The molecule has 2 heterocycles. The number of halogens is 2. The Hall–Kier alpha value is -6.27. The maximum absolute atomic E-state index is 13.5. The lowest BCUT2D eigenvalue weighted by atomic mass is 10.0. The number of fused-ring (bicyclic) bond motifs is 2. The third-order valence-electron chi connectivity index (χ3n) is 7.76. The molecule has 3 aromatic carbocycles. The number of aromatic carboxylic acids is 1. The van der Waals surface area contributed by atoms with Crippen LogP contribution in [0.25, 0.3) is 5.65 Å². The number of nitrogens with zero attached hydrogens (tertiary/aromatic N) is 4. The smallest absolute Gasteiger partial charge is 0.354 e. The van der Waals surface area contributed by atoms with Gasteiger partial charge in [0.2, 0.25) is 0 Å². The average molecular weight is 710 g/mol. The van der Waals surface area contributed by atoms with E-state index in [-0.39, 0.29) is 53.4 Å². The van der Waals surface area contributed by atoms with Crippen LogP contribution in [0.2, 0.25) is 0 Å². The Labute approximate surface area is 286 Å². The van der Waals surface area contributed by atoms with Crippen molar-refractivity contribution in [1.82, 2.24) is 25.1 Å². The van der Waals surface area contributed by atoms with Gasteiger partial charge in [-0.3, -0.25) is 19.2 Å². The third-order valence-corrected chi connectivity index (χ3v) is 7.76. The summed E-state index contributed by atoms with van der Waals surface area (Å²) < 4.78 is 19.0. The molecule has 19 heteroatoms. The van der Waals surface area contributed by atoms with Crippen molar-refractivity contribution in [3.8, 4) is 0 Å². The number of rotatable bonds is 9. The number of primary amides is 1. The van der Waals surface area contributed by atoms with Crippen LogP contribution in [0.5, 0.6) is 0 Å². The Bertz CT molecular complexity index is 2230. The first-order chi connectivity index (χ1) is 23.3. The summed E-state index contributed by atoms with van der Waals surface area (Å²) in [5.41, 5.74) is 16.7. The van der Waals surface area contributed by atoms with Crippen molar-refractivity contribution in [3.63, 3.8) is 0 Å². The molecule has 2 aromatic heterocycles. The molecule has 2 amide bonds. The number of amides is 2. The number of methoxy groups -OCH3 is 1. The summed E-state index contributed by atoms with van der Waals surface area (Å²) in [6.07, 6.45) is 1.22. The van der Waals surface area contributed by atoms with E-state index in [0.29, 0.717) is 30.5 Å². The molecular formula is C31H29ClFN9O8. The van der Waals surface area contributed by atoms with Crippen LogP contribution >= 0.6 is 12.4 Å². The Balaban J connectivity index is 0.000000253. The van der Waals surface area contributed by atoms with Crippen molar-refractivity contribution < 1.29 is 33.4 Å². The summed E-state index contributed by atoms with van der Waals surface area (Å²) in [5, 5.41) is 22.0. The van der Waals surface area contributed by atoms with Gasteiger partial charge in [0.1, 0.15) is 22.9 Å². The van der Waals surface area contributed by atoms with Crippen molar-refractivity contribution in [2.24, 2.45) is 11.5 Å². The van der Waals surface area contributed by atoms with Gasteiger partial charge in [-0.15, -0.1) is 17.5 Å². The minimum Gasteiger partial charge on any atom is -0.477 e. The number of carboxylic acids is 1. The molecule has 0 aliphatic heterocycles. The van der Waals surface area contributed by atoms with E-state index >= 15 is 0 Å². The normalized spacial score (nSPS) is 13.1. The van der Waals surface area contributed by atoms with Gasteiger partial charge >= 0.3 is 11.9 Å². The van der Waals surface area contributed by atoms with E-state index < -0.39 is 46.1 Å². The Morgan fingerprint density at radius 2 is 1.84 bits per heavy atom. The minimum absolute atomic E-state index is 0. The van der Waals surface area contributed by atoms with Crippen LogP contribution in [0, 0.1) is 5.82 Å². The summed E-state index contributed by atoms with van der Waals surface area (Å²) in [7, 11) is 1.30. The Kier molecular flexibility index (Phi) is 10.9. The highest BCUT2D eigenvalue weighted by molar-refractivity contribution is 6.00. The predicted octanol–water partition coefficient (Wildman–Crippen LogP) is 0.622. The second kappa shape index (κ2) is 14.9. The molecular weight excluding hydrogens is 681 g/mol. The lowest BCUT2D eigenvalue weighted by Gasteiger charge is -2.14. The summed E-state index contributed by atoms with van der Waals surface area (Å²) in [6, 6.07) is 10.2. The maximum atomic E-state index is 13.5. The van der Waals surface area contributed by atoms with Gasteiger partial charge in [0.05, 0.1) is 18.7 Å². The van der Waals surface area contributed by atoms with E-state index in [1.807, 2.05) is 0 Å². The molecule has 1 atom stereocenters. The maximum Gasteiger partial charge on any atom is 0.354 e. The van der Waals surface area contributed by atoms with Gasteiger partial charge in [-0.2, -0.15) is 4.52 Å². The van der Waals surface area contributed by atoms with Crippen molar-refractivity contribution in [2.75, 3.05) is 18.2 Å². The van der Waals surface area contributed by atoms with Crippen molar-refractivity contribution in [2.45, 2.75) is 32.0 Å². The Morgan fingerprint density at radius 3 is 2.48 bits per heavy atom. The number of carbonyl (C=O) groups excluding carboxylic acids is 3. The van der Waals surface area contributed by atoms with Crippen molar-refractivity contribution in [3.05, 3.63) is 114 Å². The number of esters is 1. The van der Waals surface area contributed by atoms with E-state index in [0.717, 1.165) is 27.3 Å². The van der Waals surface area contributed by atoms with E-state index in [1.54, 1.807) is 30.3 Å². The first kappa shape index (κ1) is 36.6. The summed E-state index contributed by atoms with van der Waals surface area (Å²) in [6.45, 7) is 0.379. The number of hydrogen-bond donors (Lipinski definition) is 6. The standard InChI is InChI=1S/C19H16N6O6.C12H12FN3O2.ClH/c1-31-19(30)9-2-4-10-8(6-9)3-5-11(10)22-17(27)12-7-13(18(28)29)25-16(21-12)14(15(20)26)23-24-25;13-8-2-1-6(4-14)3-7(8)5-16-10-9(15)11(17)12(10)18;/h2,4,6-7,11H,3,5H2,1H3,(H2,20,26)(H,22,27)(H,28,29);1-3,16H,4-5,14-15H2;1H/t11-;;/m0../s1. The molecule has 1 aliphatic carbocycles. The van der Waals surface area contributed by atoms with Crippen molar-refractivity contribution >= 4 is 53.2 Å². The van der Waals surface area contributed by atoms with Crippen LogP contribution in [0.15, 0.2) is 52.1 Å². The van der Waals surface area contributed by atoms with Gasteiger partial charge < -0.3 is 37.7 Å². The first-order valence-corrected chi connectivity index (χ1v) is 14.5. The second-order valence-corrected chi connectivity index (χ2v) is 10.8. The molecule has 0 saturated heterocycles. The van der Waals surface area contributed by atoms with E-state index in [9.17, 15) is 38.3 Å². The number of carbonyl (C=O) groups is 4. The van der Waals surface area contributed by atoms with Gasteiger partial charge in [0.15, 0.2) is 17.0 Å². The molecule has 260 valence electrons. The lowest BCUT2D eigenvalue weighted by molar-refractivity contribution is 0.0599. The van der Waals surface area contributed by atoms with Crippen LogP contribution in [0.1, 0.15) is 76.5 Å². The fourth-order valence-electron chi connectivity index (χ4n) is 5.21. The number of aryl methyl sites for hydroxylation is 1. The third kappa shape index (κ3) is 7.10. The van der Waals surface area contributed by atoms with E-state index in [4.69, 9.17) is 21.9 Å². The monoisotopic (exact) mass is 709 g/mol. The molecule has 0 fully saturated rings. The number of nitrogens with one attached hydrogen (secondary N) is 2. The average Bonchev–Trinajstić information content (AvgIpc) is 3.72. The van der Waals surface area contributed by atoms with Crippen LogP contribution < -0.4 is 38.7 Å². The molecule has 50 heavy (non-hydrogen) atoms. The van der Waals surface area contributed by atoms with Gasteiger partial charge in [-0.25, -0.2) is 19.0 Å². The molecule has 0 saturated carbocycles. The van der Waals surface area contributed by atoms with Crippen LogP contribution in [0.4, 0.5) is 15.8 Å². The largest absolute Gasteiger partial charge is 0.477 e. The highest BCUT2D eigenvalue weighted by Crippen LogP contribution is 2.32. The highest BCUT2D eigenvalue weighted by atomic mass is 35.5. The van der Waals surface area contributed by atoms with Crippen LogP contribution in [-0.4, -0.2) is 55.8 Å². The predicted molar refractivity (Wildman–Crippen MR) is 177 cm³/mol. The number of aromatic nitrogens is 4. The number of anilines is 2. The number of benzene rings is 2. The number of ether oxygens (including phenoxy) is 1. The number of nitrogen functional groups attached to an aromatic ring is 1. The first-order valence-electron chi connectivity index (χ1n) is 14.5. The minimum atomic E-state index is -1.39. The Morgan fingerprint density at radius 1 is 1.10 bits per heavy atom. The molecule has 17 nitrogen and oxygen atoms in total. The molecule has 0 radical (unpaired) electrons. The van der Waals surface area contributed by atoms with Crippen LogP contribution in [-0.2, 0) is 24.2 Å². The SMILES string of the molecule is COC(=O)c1ccc2c(c1)CC[C@@H]2NC(=O)c1cc(C(=O)O)n2nnc(C(N)=O)c2n1.Cl.NCc1ccc(F)c(CNc2c(N)c(=O)c2=O)c1. The molecule has 0 unspecified atom stereocenters. The second-order valence-electron chi connectivity index (χ2n) is 10.8. The zero-order chi connectivity index (χ0) is 35.6. The molecule has 0 bridgehead atoms. The lowest BCUT2D eigenvalue weighted by Crippen LogP contribution is -2.37. The van der Waals surface area contributed by atoms with E-state index in [1.165, 1.54) is 13.2 Å². The summed E-state index contributed by atoms with van der Waals surface area (Å²) in [4.78, 5) is 73.8. The topological polar surface area (TPSA) is 277 Å². The van der Waals surface area contributed by atoms with Gasteiger partial charge in [0, 0.05) is 24.7 Å². The van der Waals surface area contributed by atoms with E-state index in [2.05, 4.69) is 25.9 Å². The quantitative estimate of drug-likeness (QED) is 0.0904. The zero-order valence-corrected chi connectivity index (χ0v) is 26.9. The molecule has 0 spiro atoms. The molecule has 1 aliphatic rings. The summed E-state index contributed by atoms with van der Waals surface area (Å²) >= 11 is 0. The van der Waals surface area contributed by atoms with Crippen molar-refractivity contribution in [1.29, 1.82) is 0 Å². The molecule has 9 N–H and O–H groups in total. The number of carboxylic acid groups (broad SMARTS) is 1. The fourth-order valence-corrected chi connectivity index (χ4v) is 5.21. The summed E-state index contributed by atoms with van der Waals surface area (Å²) in [5.74, 6) is -3.84. The highest BCUT2D eigenvalue weighted by Gasteiger charge is 2.28. The molecule has 6 rings (SSSR count). The van der Waals surface area contributed by atoms with Crippen LogP contribution in [0.3, 0.4) is 0 Å². The zero-order valence-electron chi connectivity index (χ0n) is 26.1. The molecule has 5 aromatic rings. The van der Waals surface area contributed by atoms with Gasteiger partial charge in [-0.1, -0.05) is 17.3 Å². The van der Waals surface area contributed by atoms with Gasteiger partial charge in [-0.05, 0) is 53.8 Å².